The van der Waals surface area contributed by atoms with Crippen LogP contribution in [0, 0.1) is 5.92 Å². The maximum Gasteiger partial charge on any atom is 0.330 e. The van der Waals surface area contributed by atoms with Gasteiger partial charge in [-0.25, -0.2) is 4.79 Å². The molecule has 0 heterocycles. The van der Waals surface area contributed by atoms with Crippen molar-refractivity contribution in [2.75, 3.05) is 25.2 Å². The molecule has 1 aliphatic rings. The van der Waals surface area contributed by atoms with Crippen molar-refractivity contribution in [1.82, 2.24) is 0 Å². The number of anilines is 2. The van der Waals surface area contributed by atoms with Crippen molar-refractivity contribution in [1.29, 1.82) is 0 Å². The molecule has 0 atom stereocenters. The number of hydrogen-bond donors (Lipinski definition) is 2. The zero-order chi connectivity index (χ0) is 22.9. The Bertz CT molecular complexity index is 927. The van der Waals surface area contributed by atoms with Crippen LogP contribution in [0.3, 0.4) is 0 Å². The van der Waals surface area contributed by atoms with Crippen molar-refractivity contribution in [3.05, 3.63) is 59.7 Å². The Morgan fingerprint density at radius 1 is 1.00 bits per heavy atom. The maximum atomic E-state index is 12.4. The molecule has 0 spiro atoms. The summed E-state index contributed by atoms with van der Waals surface area (Å²) in [6.45, 7) is 0.229. The number of benzene rings is 2. The molecule has 0 amide bonds. The van der Waals surface area contributed by atoms with Crippen LogP contribution in [0.1, 0.15) is 36.8 Å². The predicted octanol–water partition coefficient (Wildman–Crippen LogP) is 3.76. The SMILES string of the molecule is COC1CCC(C(=O)Oc2ccc(C=CC(=O)OCCc3cc(N)cc(N)c3)cc2)CC1. The molecule has 3 rings (SSSR count). The van der Waals surface area contributed by atoms with Crippen LogP contribution in [0.4, 0.5) is 11.4 Å². The number of nitrogens with two attached hydrogens (primary N) is 2. The number of ether oxygens (including phenoxy) is 3. The predicted molar refractivity (Wildman–Crippen MR) is 124 cm³/mol. The van der Waals surface area contributed by atoms with Gasteiger partial charge in [-0.05, 0) is 73.2 Å². The number of hydrogen-bond acceptors (Lipinski definition) is 7. The molecule has 0 unspecified atom stereocenters. The first-order valence-corrected chi connectivity index (χ1v) is 10.8. The van der Waals surface area contributed by atoms with Gasteiger partial charge in [-0.1, -0.05) is 12.1 Å². The molecule has 0 aliphatic heterocycles. The van der Waals surface area contributed by atoms with Crippen molar-refractivity contribution in [2.24, 2.45) is 5.92 Å². The lowest BCUT2D eigenvalue weighted by Gasteiger charge is -2.26. The summed E-state index contributed by atoms with van der Waals surface area (Å²) in [5.74, 6) is -0.234. The number of esters is 2. The van der Waals surface area contributed by atoms with E-state index in [0.29, 0.717) is 23.5 Å². The van der Waals surface area contributed by atoms with Crippen molar-refractivity contribution in [3.63, 3.8) is 0 Å². The van der Waals surface area contributed by atoms with Gasteiger partial charge >= 0.3 is 11.9 Å². The van der Waals surface area contributed by atoms with Crippen LogP contribution in [0.5, 0.6) is 5.75 Å². The summed E-state index contributed by atoms with van der Waals surface area (Å²) in [4.78, 5) is 24.3. The van der Waals surface area contributed by atoms with Crippen molar-refractivity contribution >= 4 is 29.4 Å². The highest BCUT2D eigenvalue weighted by Gasteiger charge is 2.27. The zero-order valence-corrected chi connectivity index (χ0v) is 18.3. The van der Waals surface area contributed by atoms with E-state index in [2.05, 4.69) is 0 Å². The number of nitrogen functional groups attached to an aromatic ring is 2. The molecule has 0 saturated heterocycles. The normalized spacial score (nSPS) is 18.4. The Hall–Kier alpha value is -3.32. The highest BCUT2D eigenvalue weighted by molar-refractivity contribution is 5.87. The van der Waals surface area contributed by atoms with Crippen LogP contribution in [0.15, 0.2) is 48.5 Å². The fraction of sp³-hybridized carbons (Fsp3) is 0.360. The average Bonchev–Trinajstić information content (AvgIpc) is 2.78. The summed E-state index contributed by atoms with van der Waals surface area (Å²) in [6.07, 6.45) is 7.11. The van der Waals surface area contributed by atoms with Crippen molar-refractivity contribution in [2.45, 2.75) is 38.2 Å². The molecule has 2 aromatic carbocycles. The molecule has 1 saturated carbocycles. The summed E-state index contributed by atoms with van der Waals surface area (Å²) in [7, 11) is 1.71. The molecule has 2 aromatic rings. The number of rotatable bonds is 8. The Morgan fingerprint density at radius 2 is 1.66 bits per heavy atom. The third-order valence-electron chi connectivity index (χ3n) is 5.52. The summed E-state index contributed by atoms with van der Waals surface area (Å²) >= 11 is 0. The van der Waals surface area contributed by atoms with E-state index in [1.54, 1.807) is 55.7 Å². The van der Waals surface area contributed by atoms with Crippen LogP contribution in [-0.4, -0.2) is 31.8 Å². The molecule has 1 fully saturated rings. The topological polar surface area (TPSA) is 114 Å². The molecule has 7 heteroatoms. The van der Waals surface area contributed by atoms with Gasteiger partial charge in [0.25, 0.3) is 0 Å². The molecule has 0 aromatic heterocycles. The maximum absolute atomic E-state index is 12.4. The van der Waals surface area contributed by atoms with Crippen LogP contribution < -0.4 is 16.2 Å². The Morgan fingerprint density at radius 3 is 2.28 bits per heavy atom. The van der Waals surface area contributed by atoms with Crippen molar-refractivity contribution < 1.29 is 23.8 Å². The number of carbonyl (C=O) groups excluding carboxylic acids is 2. The number of carbonyl (C=O) groups is 2. The first kappa shape index (κ1) is 23.3. The molecule has 1 aliphatic carbocycles. The van der Waals surface area contributed by atoms with Gasteiger partial charge in [0.15, 0.2) is 0 Å². The largest absolute Gasteiger partial charge is 0.462 e. The molecule has 0 radical (unpaired) electrons. The van der Waals surface area contributed by atoms with E-state index in [9.17, 15) is 9.59 Å². The standard InChI is InChI=1S/C25H30N2O5/c1-30-22-9-5-19(6-10-22)25(29)32-23-7-2-17(3-8-23)4-11-24(28)31-13-12-18-14-20(26)16-21(27)15-18/h2-4,7-8,11,14-16,19,22H,5-6,9-10,12-13,26-27H2,1H3. The first-order valence-electron chi connectivity index (χ1n) is 10.8. The fourth-order valence-electron chi connectivity index (χ4n) is 3.75. The second kappa shape index (κ2) is 11.3. The third-order valence-corrected chi connectivity index (χ3v) is 5.52. The molecule has 32 heavy (non-hydrogen) atoms. The average molecular weight is 439 g/mol. The molecular weight excluding hydrogens is 408 g/mol. The Kier molecular flexibility index (Phi) is 8.27. The monoisotopic (exact) mass is 438 g/mol. The second-order valence-electron chi connectivity index (χ2n) is 7.96. The fourth-order valence-corrected chi connectivity index (χ4v) is 3.75. The lowest BCUT2D eigenvalue weighted by molar-refractivity contribution is -0.141. The van der Waals surface area contributed by atoms with E-state index in [4.69, 9.17) is 25.7 Å². The number of methoxy groups -OCH3 is 1. The first-order chi connectivity index (χ1) is 15.4. The van der Waals surface area contributed by atoms with Crippen LogP contribution in [-0.2, 0) is 25.5 Å². The van der Waals surface area contributed by atoms with Gasteiger partial charge in [0, 0.05) is 31.0 Å². The highest BCUT2D eigenvalue weighted by Crippen LogP contribution is 2.27. The smallest absolute Gasteiger partial charge is 0.330 e. The van der Waals surface area contributed by atoms with Gasteiger partial charge < -0.3 is 25.7 Å². The van der Waals surface area contributed by atoms with Crippen LogP contribution in [0.25, 0.3) is 6.08 Å². The van der Waals surface area contributed by atoms with E-state index in [1.165, 1.54) is 6.08 Å². The summed E-state index contributed by atoms with van der Waals surface area (Å²) in [5, 5.41) is 0. The third kappa shape index (κ3) is 7.13. The molecule has 7 nitrogen and oxygen atoms in total. The minimum absolute atomic E-state index is 0.0838. The van der Waals surface area contributed by atoms with E-state index >= 15 is 0 Å². The molecular formula is C25H30N2O5. The van der Waals surface area contributed by atoms with Gasteiger partial charge in [-0.15, -0.1) is 0 Å². The second-order valence-corrected chi connectivity index (χ2v) is 7.96. The van der Waals surface area contributed by atoms with Crippen LogP contribution in [0.2, 0.25) is 0 Å². The Balaban J connectivity index is 1.42. The van der Waals surface area contributed by atoms with Crippen LogP contribution >= 0.6 is 0 Å². The summed E-state index contributed by atoms with van der Waals surface area (Å²) in [5.41, 5.74) is 14.4. The van der Waals surface area contributed by atoms with E-state index in [-0.39, 0.29) is 24.6 Å². The van der Waals surface area contributed by atoms with Gasteiger partial charge in [0.1, 0.15) is 5.75 Å². The quantitative estimate of drug-likeness (QED) is 0.279. The summed E-state index contributed by atoms with van der Waals surface area (Å²) < 4.78 is 16.1. The zero-order valence-electron chi connectivity index (χ0n) is 18.3. The molecule has 0 bridgehead atoms. The lowest BCUT2D eigenvalue weighted by Crippen LogP contribution is -2.28. The van der Waals surface area contributed by atoms with Crippen molar-refractivity contribution in [3.8, 4) is 5.75 Å². The van der Waals surface area contributed by atoms with Gasteiger partial charge in [0.05, 0.1) is 18.6 Å². The van der Waals surface area contributed by atoms with E-state index in [0.717, 1.165) is 36.8 Å². The van der Waals surface area contributed by atoms with Gasteiger partial charge in [0.2, 0.25) is 0 Å². The molecule has 4 N–H and O–H groups in total. The lowest BCUT2D eigenvalue weighted by atomic mass is 9.87. The summed E-state index contributed by atoms with van der Waals surface area (Å²) in [6, 6.07) is 12.3. The highest BCUT2D eigenvalue weighted by atomic mass is 16.5. The van der Waals surface area contributed by atoms with E-state index in [1.807, 2.05) is 0 Å². The molecule has 170 valence electrons. The minimum Gasteiger partial charge on any atom is -0.462 e. The minimum atomic E-state index is -0.441. The Labute approximate surface area is 188 Å². The van der Waals surface area contributed by atoms with Gasteiger partial charge in [-0.3, -0.25) is 4.79 Å². The van der Waals surface area contributed by atoms with Gasteiger partial charge in [-0.2, -0.15) is 0 Å². The van der Waals surface area contributed by atoms with E-state index < -0.39 is 5.97 Å².